The molecule has 1 heterocycles. The van der Waals surface area contributed by atoms with Gasteiger partial charge in [0.25, 0.3) is 0 Å². The van der Waals surface area contributed by atoms with Gasteiger partial charge in [0, 0.05) is 19.0 Å². The molecule has 132 valence electrons. The van der Waals surface area contributed by atoms with E-state index in [0.29, 0.717) is 13.0 Å². The fraction of sp³-hybridized carbons (Fsp3) is 0.650. The van der Waals surface area contributed by atoms with E-state index in [2.05, 4.69) is 34.9 Å². The van der Waals surface area contributed by atoms with Crippen molar-refractivity contribution in [1.82, 2.24) is 10.6 Å². The molecule has 1 amide bonds. The molecule has 1 saturated carbocycles. The van der Waals surface area contributed by atoms with Crippen molar-refractivity contribution in [2.75, 3.05) is 19.8 Å². The predicted octanol–water partition coefficient (Wildman–Crippen LogP) is 3.19. The van der Waals surface area contributed by atoms with Crippen molar-refractivity contribution >= 4 is 5.91 Å². The molecule has 0 bridgehead atoms. The molecular formula is C20H30N2O2. The molecule has 2 atom stereocenters. The van der Waals surface area contributed by atoms with Crippen LogP contribution in [0.4, 0.5) is 0 Å². The largest absolute Gasteiger partial charge is 0.378 e. The third-order valence-electron chi connectivity index (χ3n) is 5.26. The van der Waals surface area contributed by atoms with Crippen molar-refractivity contribution in [1.29, 1.82) is 0 Å². The van der Waals surface area contributed by atoms with Crippen LogP contribution in [0, 0.1) is 5.92 Å². The first-order valence-corrected chi connectivity index (χ1v) is 9.46. The molecule has 1 aromatic carbocycles. The van der Waals surface area contributed by atoms with E-state index < -0.39 is 0 Å². The third kappa shape index (κ3) is 5.32. The summed E-state index contributed by atoms with van der Waals surface area (Å²) in [5.74, 6) is 0.864. The number of rotatable bonds is 6. The summed E-state index contributed by atoms with van der Waals surface area (Å²) in [4.78, 5) is 12.5. The van der Waals surface area contributed by atoms with E-state index in [9.17, 15) is 4.79 Å². The fourth-order valence-electron chi connectivity index (χ4n) is 3.95. The van der Waals surface area contributed by atoms with Crippen LogP contribution < -0.4 is 10.6 Å². The van der Waals surface area contributed by atoms with Gasteiger partial charge < -0.3 is 15.4 Å². The highest BCUT2D eigenvalue weighted by atomic mass is 16.5. The molecule has 0 radical (unpaired) electrons. The van der Waals surface area contributed by atoms with E-state index in [1.54, 1.807) is 0 Å². The average molecular weight is 330 g/mol. The lowest BCUT2D eigenvalue weighted by Gasteiger charge is -2.29. The van der Waals surface area contributed by atoms with Crippen molar-refractivity contribution in [3.05, 3.63) is 35.9 Å². The SMILES string of the molecule is O=C(CC1COCCN1)NC(CC1CCCCC1)c1ccccc1. The van der Waals surface area contributed by atoms with Crippen LogP contribution in [0.25, 0.3) is 0 Å². The first-order chi connectivity index (χ1) is 11.8. The Bertz CT molecular complexity index is 494. The van der Waals surface area contributed by atoms with Crippen LogP contribution in [-0.4, -0.2) is 31.7 Å². The molecule has 2 fully saturated rings. The lowest BCUT2D eigenvalue weighted by Crippen LogP contribution is -2.44. The Labute approximate surface area is 145 Å². The summed E-state index contributed by atoms with van der Waals surface area (Å²) in [7, 11) is 0. The number of carbonyl (C=O) groups excluding carboxylic acids is 1. The zero-order valence-electron chi connectivity index (χ0n) is 14.5. The van der Waals surface area contributed by atoms with Crippen LogP contribution in [0.5, 0.6) is 0 Å². The minimum Gasteiger partial charge on any atom is -0.378 e. The van der Waals surface area contributed by atoms with Crippen molar-refractivity contribution < 1.29 is 9.53 Å². The summed E-state index contributed by atoms with van der Waals surface area (Å²) < 4.78 is 5.45. The normalized spacial score (nSPS) is 23.6. The first kappa shape index (κ1) is 17.4. The molecule has 3 rings (SSSR count). The number of nitrogens with one attached hydrogen (secondary N) is 2. The van der Waals surface area contributed by atoms with Gasteiger partial charge in [-0.3, -0.25) is 4.79 Å². The topological polar surface area (TPSA) is 50.4 Å². The number of benzene rings is 1. The Morgan fingerprint density at radius 3 is 2.71 bits per heavy atom. The molecule has 1 saturated heterocycles. The molecular weight excluding hydrogens is 300 g/mol. The van der Waals surface area contributed by atoms with Crippen LogP contribution in [0.1, 0.15) is 56.6 Å². The summed E-state index contributed by atoms with van der Waals surface area (Å²) in [6, 6.07) is 10.7. The van der Waals surface area contributed by atoms with Gasteiger partial charge >= 0.3 is 0 Å². The van der Waals surface area contributed by atoms with Gasteiger partial charge in [0.1, 0.15) is 0 Å². The number of hydrogen-bond acceptors (Lipinski definition) is 3. The summed E-state index contributed by atoms with van der Waals surface area (Å²) in [5.41, 5.74) is 1.23. The van der Waals surface area contributed by atoms with Gasteiger partial charge in [0.05, 0.1) is 19.3 Å². The van der Waals surface area contributed by atoms with Gasteiger partial charge in [0.2, 0.25) is 5.91 Å². The average Bonchev–Trinajstić information content (AvgIpc) is 2.63. The van der Waals surface area contributed by atoms with Crippen molar-refractivity contribution in [2.45, 2.75) is 57.0 Å². The maximum atomic E-state index is 12.5. The first-order valence-electron chi connectivity index (χ1n) is 9.46. The smallest absolute Gasteiger partial charge is 0.222 e. The Morgan fingerprint density at radius 1 is 1.21 bits per heavy atom. The number of amides is 1. The lowest BCUT2D eigenvalue weighted by atomic mass is 9.83. The maximum Gasteiger partial charge on any atom is 0.222 e. The lowest BCUT2D eigenvalue weighted by molar-refractivity contribution is -0.123. The van der Waals surface area contributed by atoms with Gasteiger partial charge in [-0.1, -0.05) is 62.4 Å². The highest BCUT2D eigenvalue weighted by molar-refractivity contribution is 5.77. The Balaban J connectivity index is 1.59. The van der Waals surface area contributed by atoms with E-state index >= 15 is 0 Å². The molecule has 4 heteroatoms. The van der Waals surface area contributed by atoms with E-state index in [1.165, 1.54) is 37.7 Å². The molecule has 1 aliphatic carbocycles. The Hall–Kier alpha value is -1.39. The van der Waals surface area contributed by atoms with Crippen LogP contribution in [0.2, 0.25) is 0 Å². The van der Waals surface area contributed by atoms with Gasteiger partial charge in [-0.15, -0.1) is 0 Å². The van der Waals surface area contributed by atoms with E-state index in [0.717, 1.165) is 25.5 Å². The standard InChI is InChI=1S/C20H30N2O2/c23-20(14-18-15-24-12-11-21-18)22-19(17-9-5-2-6-10-17)13-16-7-3-1-4-8-16/h2,5-6,9-10,16,18-19,21H,1,3-4,7-8,11-15H2,(H,22,23). The summed E-state index contributed by atoms with van der Waals surface area (Å²) in [6.45, 7) is 2.21. The Morgan fingerprint density at radius 2 is 2.00 bits per heavy atom. The highest BCUT2D eigenvalue weighted by Gasteiger charge is 2.23. The minimum absolute atomic E-state index is 0.127. The number of morpholine rings is 1. The molecule has 2 N–H and O–H groups in total. The minimum atomic E-state index is 0.127. The quantitative estimate of drug-likeness (QED) is 0.842. The van der Waals surface area contributed by atoms with Crippen LogP contribution in [0.15, 0.2) is 30.3 Å². The second-order valence-corrected chi connectivity index (χ2v) is 7.20. The van der Waals surface area contributed by atoms with E-state index in [-0.39, 0.29) is 18.0 Å². The van der Waals surface area contributed by atoms with Gasteiger partial charge in [0.15, 0.2) is 0 Å². The molecule has 2 unspecified atom stereocenters. The molecule has 0 aromatic heterocycles. The van der Waals surface area contributed by atoms with E-state index in [4.69, 9.17) is 4.74 Å². The third-order valence-corrected chi connectivity index (χ3v) is 5.26. The van der Waals surface area contributed by atoms with Crippen LogP contribution in [-0.2, 0) is 9.53 Å². The summed E-state index contributed by atoms with van der Waals surface area (Å²) in [5, 5.41) is 6.65. The van der Waals surface area contributed by atoms with Crippen molar-refractivity contribution in [3.63, 3.8) is 0 Å². The van der Waals surface area contributed by atoms with E-state index in [1.807, 2.05) is 6.07 Å². The molecule has 2 aliphatic rings. The Kier molecular flexibility index (Phi) is 6.67. The highest BCUT2D eigenvalue weighted by Crippen LogP contribution is 2.32. The zero-order valence-corrected chi connectivity index (χ0v) is 14.5. The van der Waals surface area contributed by atoms with Crippen molar-refractivity contribution in [2.24, 2.45) is 5.92 Å². The second kappa shape index (κ2) is 9.19. The zero-order chi connectivity index (χ0) is 16.6. The fourth-order valence-corrected chi connectivity index (χ4v) is 3.95. The number of carbonyl (C=O) groups is 1. The molecule has 4 nitrogen and oxygen atoms in total. The van der Waals surface area contributed by atoms with Gasteiger partial charge in [-0.25, -0.2) is 0 Å². The summed E-state index contributed by atoms with van der Waals surface area (Å²) in [6.07, 6.45) is 8.20. The van der Waals surface area contributed by atoms with Crippen LogP contribution in [0.3, 0.4) is 0 Å². The molecule has 1 aromatic rings. The van der Waals surface area contributed by atoms with Gasteiger partial charge in [-0.2, -0.15) is 0 Å². The monoisotopic (exact) mass is 330 g/mol. The number of ether oxygens (including phenoxy) is 1. The molecule has 0 spiro atoms. The molecule has 24 heavy (non-hydrogen) atoms. The van der Waals surface area contributed by atoms with Crippen LogP contribution >= 0.6 is 0 Å². The van der Waals surface area contributed by atoms with Gasteiger partial charge in [-0.05, 0) is 17.9 Å². The predicted molar refractivity (Wildman–Crippen MR) is 95.7 cm³/mol. The van der Waals surface area contributed by atoms with Crippen molar-refractivity contribution in [3.8, 4) is 0 Å². The molecule has 1 aliphatic heterocycles. The second-order valence-electron chi connectivity index (χ2n) is 7.20. The number of hydrogen-bond donors (Lipinski definition) is 2. The maximum absolute atomic E-state index is 12.5. The summed E-state index contributed by atoms with van der Waals surface area (Å²) >= 11 is 0.